The van der Waals surface area contributed by atoms with Gasteiger partial charge in [-0.25, -0.2) is 4.98 Å². The van der Waals surface area contributed by atoms with Gasteiger partial charge in [0.25, 0.3) is 5.56 Å². The number of piperazine rings is 1. The molecule has 6 heteroatoms. The molecule has 178 valence electrons. The molecule has 2 fully saturated rings. The van der Waals surface area contributed by atoms with Gasteiger partial charge in [0.15, 0.2) is 0 Å². The fourth-order valence-corrected chi connectivity index (χ4v) is 4.69. The molecule has 1 saturated heterocycles. The molecule has 1 saturated carbocycles. The molecule has 1 unspecified atom stereocenters. The molecule has 2 aromatic rings. The number of rotatable bonds is 6. The van der Waals surface area contributed by atoms with Gasteiger partial charge < -0.3 is 15.1 Å². The van der Waals surface area contributed by atoms with Crippen LogP contribution >= 0.6 is 0 Å². The van der Waals surface area contributed by atoms with Gasteiger partial charge in [0.05, 0.1) is 11.4 Å². The van der Waals surface area contributed by atoms with Crippen LogP contribution in [0.2, 0.25) is 0 Å². The average Bonchev–Trinajstić information content (AvgIpc) is 3.70. The highest BCUT2D eigenvalue weighted by Crippen LogP contribution is 2.44. The van der Waals surface area contributed by atoms with E-state index in [4.69, 9.17) is 4.98 Å². The molecule has 1 N–H and O–H groups in total. The van der Waals surface area contributed by atoms with Crippen molar-refractivity contribution in [2.45, 2.75) is 40.0 Å². The molecular formula is C28H35N5O. The van der Waals surface area contributed by atoms with Crippen LogP contribution in [0.3, 0.4) is 0 Å². The van der Waals surface area contributed by atoms with Crippen LogP contribution in [0.4, 0.5) is 5.69 Å². The van der Waals surface area contributed by atoms with Gasteiger partial charge in [-0.3, -0.25) is 9.20 Å². The summed E-state index contributed by atoms with van der Waals surface area (Å²) < 4.78 is 1.67. The zero-order valence-electron chi connectivity index (χ0n) is 20.6. The van der Waals surface area contributed by atoms with E-state index in [-0.39, 0.29) is 5.56 Å². The monoisotopic (exact) mass is 457 g/mol. The van der Waals surface area contributed by atoms with E-state index in [2.05, 4.69) is 67.0 Å². The van der Waals surface area contributed by atoms with Crippen LogP contribution in [-0.4, -0.2) is 40.5 Å². The van der Waals surface area contributed by atoms with E-state index in [1.54, 1.807) is 10.5 Å². The highest BCUT2D eigenvalue weighted by molar-refractivity contribution is 5.76. The van der Waals surface area contributed by atoms with Gasteiger partial charge >= 0.3 is 0 Å². The minimum atomic E-state index is -0.0541. The first-order chi connectivity index (χ1) is 16.4. The Balaban J connectivity index is 1.53. The van der Waals surface area contributed by atoms with Crippen molar-refractivity contribution in [3.05, 3.63) is 82.3 Å². The van der Waals surface area contributed by atoms with Crippen LogP contribution in [-0.2, 0) is 0 Å². The molecule has 0 radical (unpaired) electrons. The lowest BCUT2D eigenvalue weighted by molar-refractivity contribution is 0.583. The summed E-state index contributed by atoms with van der Waals surface area (Å²) in [6.45, 7) is 14.8. The van der Waals surface area contributed by atoms with E-state index >= 15 is 0 Å². The molecule has 34 heavy (non-hydrogen) atoms. The molecule has 0 amide bonds. The van der Waals surface area contributed by atoms with Crippen molar-refractivity contribution < 1.29 is 0 Å². The summed E-state index contributed by atoms with van der Waals surface area (Å²) in [4.78, 5) is 22.5. The number of nitrogens with one attached hydrogen (secondary N) is 1. The smallest absolute Gasteiger partial charge is 0.258 e. The summed E-state index contributed by atoms with van der Waals surface area (Å²) in [5, 5.41) is 3.37. The van der Waals surface area contributed by atoms with E-state index in [0.29, 0.717) is 23.2 Å². The van der Waals surface area contributed by atoms with Crippen LogP contribution in [0.1, 0.15) is 45.7 Å². The quantitative estimate of drug-likeness (QED) is 0.689. The molecule has 5 rings (SSSR count). The summed E-state index contributed by atoms with van der Waals surface area (Å²) in [5.74, 6) is 1.06. The Morgan fingerprint density at radius 1 is 1.29 bits per heavy atom. The highest BCUT2D eigenvalue weighted by Gasteiger charge is 2.31. The summed E-state index contributed by atoms with van der Waals surface area (Å²) in [7, 11) is 0. The number of nitrogens with zero attached hydrogens (tertiary/aromatic N) is 4. The third kappa shape index (κ3) is 4.47. The summed E-state index contributed by atoms with van der Waals surface area (Å²) >= 11 is 0. The molecule has 2 aromatic heterocycles. The number of anilines is 1. The molecule has 1 aliphatic carbocycles. The lowest BCUT2D eigenvalue weighted by Crippen LogP contribution is -2.43. The van der Waals surface area contributed by atoms with Gasteiger partial charge in [0.1, 0.15) is 5.65 Å². The Bertz CT molecular complexity index is 1260. The van der Waals surface area contributed by atoms with Crippen molar-refractivity contribution in [1.29, 1.82) is 0 Å². The third-order valence-electron chi connectivity index (χ3n) is 7.41. The second-order valence-corrected chi connectivity index (χ2v) is 9.83. The first-order valence-electron chi connectivity index (χ1n) is 12.5. The Labute approximate surface area is 202 Å². The summed E-state index contributed by atoms with van der Waals surface area (Å²) in [6, 6.07) is 5.70. The minimum absolute atomic E-state index is 0.0541. The maximum absolute atomic E-state index is 13.2. The topological polar surface area (TPSA) is 52.9 Å². The Hall–Kier alpha value is -3.12. The van der Waals surface area contributed by atoms with Crippen molar-refractivity contribution in [2.24, 2.45) is 11.8 Å². The van der Waals surface area contributed by atoms with Gasteiger partial charge in [-0.15, -0.1) is 0 Å². The number of fused-ring (bicyclic) bond motifs is 1. The minimum Gasteiger partial charge on any atom is -0.368 e. The number of pyridine rings is 1. The predicted molar refractivity (Wildman–Crippen MR) is 140 cm³/mol. The summed E-state index contributed by atoms with van der Waals surface area (Å²) in [6.07, 6.45) is 11.9. The molecule has 1 atom stereocenters. The van der Waals surface area contributed by atoms with E-state index < -0.39 is 0 Å². The number of allylic oxidation sites excluding steroid dienone is 4. The number of aromatic nitrogens is 2. The zero-order valence-corrected chi connectivity index (χ0v) is 20.6. The summed E-state index contributed by atoms with van der Waals surface area (Å²) in [5.41, 5.74) is 6.98. The highest BCUT2D eigenvalue weighted by atomic mass is 16.1. The molecule has 3 aliphatic rings. The van der Waals surface area contributed by atoms with Crippen molar-refractivity contribution in [2.75, 3.05) is 31.1 Å². The van der Waals surface area contributed by atoms with Crippen LogP contribution in [0.15, 0.2) is 71.1 Å². The van der Waals surface area contributed by atoms with Gasteiger partial charge in [-0.1, -0.05) is 26.0 Å². The van der Waals surface area contributed by atoms with Crippen LogP contribution in [0.5, 0.6) is 0 Å². The number of hydrogen-bond donors (Lipinski definition) is 1. The SMILES string of the molecule is C=C1C(C2CC2)=CC(c2cc(=O)n3cc(N4CCNCC4)ccc3n2)=CN1/C=C(/C)C(C)CC. The molecule has 2 aliphatic heterocycles. The van der Waals surface area contributed by atoms with Crippen molar-refractivity contribution in [3.63, 3.8) is 0 Å². The first-order valence-corrected chi connectivity index (χ1v) is 12.5. The Morgan fingerprint density at radius 2 is 2.06 bits per heavy atom. The fourth-order valence-electron chi connectivity index (χ4n) is 4.69. The molecule has 4 heterocycles. The fraction of sp³-hybridized carbons (Fsp3) is 0.429. The Kier molecular flexibility index (Phi) is 6.17. The zero-order chi connectivity index (χ0) is 23.8. The van der Waals surface area contributed by atoms with Gasteiger partial charge in [-0.2, -0.15) is 0 Å². The van der Waals surface area contributed by atoms with Crippen LogP contribution in [0, 0.1) is 11.8 Å². The van der Waals surface area contributed by atoms with Gasteiger partial charge in [-0.05, 0) is 61.8 Å². The average molecular weight is 458 g/mol. The van der Waals surface area contributed by atoms with E-state index in [0.717, 1.165) is 49.6 Å². The van der Waals surface area contributed by atoms with E-state index in [1.165, 1.54) is 24.0 Å². The lowest BCUT2D eigenvalue weighted by Gasteiger charge is -2.29. The maximum atomic E-state index is 13.2. The molecule has 6 nitrogen and oxygen atoms in total. The second kappa shape index (κ2) is 9.26. The first kappa shape index (κ1) is 22.7. The van der Waals surface area contributed by atoms with E-state index in [1.807, 2.05) is 12.3 Å². The molecule has 0 aromatic carbocycles. The van der Waals surface area contributed by atoms with Crippen molar-refractivity contribution in [1.82, 2.24) is 19.6 Å². The molecule has 0 spiro atoms. The van der Waals surface area contributed by atoms with Crippen LogP contribution < -0.4 is 15.8 Å². The van der Waals surface area contributed by atoms with Crippen molar-refractivity contribution in [3.8, 4) is 0 Å². The predicted octanol–water partition coefficient (Wildman–Crippen LogP) is 4.56. The molecular weight excluding hydrogens is 422 g/mol. The molecule has 0 bridgehead atoms. The van der Waals surface area contributed by atoms with Crippen molar-refractivity contribution >= 4 is 16.9 Å². The number of hydrogen-bond acceptors (Lipinski definition) is 5. The third-order valence-corrected chi connectivity index (χ3v) is 7.41. The Morgan fingerprint density at radius 3 is 2.76 bits per heavy atom. The van der Waals surface area contributed by atoms with Gasteiger partial charge in [0.2, 0.25) is 0 Å². The second-order valence-electron chi connectivity index (χ2n) is 9.83. The largest absolute Gasteiger partial charge is 0.368 e. The van der Waals surface area contributed by atoms with Gasteiger partial charge in [0, 0.05) is 62.1 Å². The lowest BCUT2D eigenvalue weighted by atomic mass is 9.97. The van der Waals surface area contributed by atoms with E-state index in [9.17, 15) is 4.79 Å². The maximum Gasteiger partial charge on any atom is 0.258 e. The normalized spacial score (nSPS) is 20.4. The van der Waals surface area contributed by atoms with Crippen LogP contribution in [0.25, 0.3) is 11.2 Å². The standard InChI is InChI=1S/C28H35N5O/c1-5-19(2)20(3)16-32-17-23(14-25(21(32)4)22-6-7-22)26-15-28(34)33-18-24(8-9-27(33)30-26)31-12-10-29-11-13-31/h8-9,14-19,22,29H,4-7,10-13H2,1-3H3/b20-16-.